The van der Waals surface area contributed by atoms with E-state index in [2.05, 4.69) is 11.8 Å². The summed E-state index contributed by atoms with van der Waals surface area (Å²) in [6.07, 6.45) is 11.9. The number of piperidine rings is 1. The first-order valence-corrected chi connectivity index (χ1v) is 6.61. The molecule has 0 N–H and O–H groups in total. The van der Waals surface area contributed by atoms with Gasteiger partial charge in [0.2, 0.25) is 0 Å². The molecule has 0 aromatic carbocycles. The van der Waals surface area contributed by atoms with Gasteiger partial charge < -0.3 is 0 Å². The molecule has 0 aromatic rings. The van der Waals surface area contributed by atoms with Crippen molar-refractivity contribution in [2.75, 3.05) is 6.54 Å². The van der Waals surface area contributed by atoms with Crippen molar-refractivity contribution < 1.29 is 0 Å². The van der Waals surface area contributed by atoms with Gasteiger partial charge in [-0.15, -0.1) is 0 Å². The van der Waals surface area contributed by atoms with Gasteiger partial charge in [-0.05, 0) is 51.0 Å². The van der Waals surface area contributed by atoms with E-state index in [1.54, 1.807) is 0 Å². The van der Waals surface area contributed by atoms with E-state index in [0.29, 0.717) is 0 Å². The van der Waals surface area contributed by atoms with Crippen LogP contribution in [0.3, 0.4) is 0 Å². The maximum absolute atomic E-state index is 2.91. The summed E-state index contributed by atoms with van der Waals surface area (Å²) < 4.78 is 0. The Morgan fingerprint density at radius 1 is 1.21 bits per heavy atom. The van der Waals surface area contributed by atoms with Crippen LogP contribution in [0.25, 0.3) is 0 Å². The van der Waals surface area contributed by atoms with Crippen molar-refractivity contribution in [3.05, 3.63) is 0 Å². The number of rotatable bonds is 2. The fourth-order valence-electron chi connectivity index (χ4n) is 3.57. The second-order valence-corrected chi connectivity index (χ2v) is 5.77. The van der Waals surface area contributed by atoms with Gasteiger partial charge in [0.15, 0.2) is 0 Å². The van der Waals surface area contributed by atoms with E-state index >= 15 is 0 Å². The zero-order chi connectivity index (χ0) is 9.60. The van der Waals surface area contributed by atoms with Crippen LogP contribution >= 0.6 is 0 Å². The van der Waals surface area contributed by atoms with E-state index in [0.717, 1.165) is 17.5 Å². The van der Waals surface area contributed by atoms with Gasteiger partial charge in [0.05, 0.1) is 0 Å². The number of nitrogens with zero attached hydrogens (tertiary/aromatic N) is 1. The van der Waals surface area contributed by atoms with Gasteiger partial charge in [-0.2, -0.15) is 0 Å². The molecule has 1 nitrogen and oxygen atoms in total. The lowest BCUT2D eigenvalue weighted by atomic mass is 9.82. The molecule has 1 atom stereocenters. The molecular formula is C13H23N. The first kappa shape index (κ1) is 9.21. The summed E-state index contributed by atoms with van der Waals surface area (Å²) >= 11 is 0. The molecule has 3 rings (SSSR count). The molecule has 2 aliphatic carbocycles. The normalized spacial score (nSPS) is 37.1. The van der Waals surface area contributed by atoms with Gasteiger partial charge >= 0.3 is 0 Å². The molecule has 0 aromatic heterocycles. The molecule has 0 amide bonds. The SMILES string of the molecule is CC[C@@H]1CCN(C2CCC2)C2(CC2)C1. The molecule has 0 bridgehead atoms. The van der Waals surface area contributed by atoms with Gasteiger partial charge in [-0.3, -0.25) is 4.90 Å². The van der Waals surface area contributed by atoms with Crippen LogP contribution < -0.4 is 0 Å². The van der Waals surface area contributed by atoms with Crippen LogP contribution in [-0.4, -0.2) is 23.0 Å². The molecule has 80 valence electrons. The predicted octanol–water partition coefficient (Wildman–Crippen LogP) is 3.19. The standard InChI is InChI=1S/C13H23N/c1-2-11-6-9-14(12-4-3-5-12)13(10-11)7-8-13/h11-12H,2-10H2,1H3/t11-/m1/s1. The highest BCUT2D eigenvalue weighted by molar-refractivity contribution is 5.09. The highest BCUT2D eigenvalue weighted by atomic mass is 15.3. The van der Waals surface area contributed by atoms with Crippen LogP contribution in [-0.2, 0) is 0 Å². The lowest BCUT2D eigenvalue weighted by Gasteiger charge is -2.48. The zero-order valence-electron chi connectivity index (χ0n) is 9.47. The van der Waals surface area contributed by atoms with Crippen LogP contribution in [0, 0.1) is 5.92 Å². The second kappa shape index (κ2) is 3.23. The summed E-state index contributed by atoms with van der Waals surface area (Å²) in [6.45, 7) is 3.79. The molecule has 1 heterocycles. The fraction of sp³-hybridized carbons (Fsp3) is 1.00. The third kappa shape index (κ3) is 1.32. The maximum Gasteiger partial charge on any atom is 0.0216 e. The first-order valence-electron chi connectivity index (χ1n) is 6.61. The summed E-state index contributed by atoms with van der Waals surface area (Å²) in [6, 6.07) is 0.996. The number of hydrogen-bond acceptors (Lipinski definition) is 1. The van der Waals surface area contributed by atoms with E-state index < -0.39 is 0 Å². The third-order valence-electron chi connectivity index (χ3n) is 4.98. The van der Waals surface area contributed by atoms with Crippen molar-refractivity contribution in [1.82, 2.24) is 4.90 Å². The predicted molar refractivity (Wildman–Crippen MR) is 59.3 cm³/mol. The molecular weight excluding hydrogens is 170 g/mol. The van der Waals surface area contributed by atoms with Crippen molar-refractivity contribution in [3.63, 3.8) is 0 Å². The van der Waals surface area contributed by atoms with Gasteiger partial charge in [-0.25, -0.2) is 0 Å². The Kier molecular flexibility index (Phi) is 2.12. The van der Waals surface area contributed by atoms with E-state index in [9.17, 15) is 0 Å². The summed E-state index contributed by atoms with van der Waals surface area (Å²) in [5.41, 5.74) is 0.726. The Hall–Kier alpha value is -0.0400. The Balaban J connectivity index is 1.68. The largest absolute Gasteiger partial charge is 0.295 e. The highest BCUT2D eigenvalue weighted by Gasteiger charge is 2.53. The Labute approximate surface area is 87.9 Å². The molecule has 1 aliphatic heterocycles. The molecule has 2 saturated carbocycles. The van der Waals surface area contributed by atoms with Gasteiger partial charge in [0, 0.05) is 11.6 Å². The quantitative estimate of drug-likeness (QED) is 0.651. The van der Waals surface area contributed by atoms with Crippen molar-refractivity contribution >= 4 is 0 Å². The van der Waals surface area contributed by atoms with Crippen LogP contribution in [0.1, 0.15) is 58.3 Å². The molecule has 0 unspecified atom stereocenters. The highest BCUT2D eigenvalue weighted by Crippen LogP contribution is 2.53. The fourth-order valence-corrected chi connectivity index (χ4v) is 3.57. The van der Waals surface area contributed by atoms with Crippen LogP contribution in [0.15, 0.2) is 0 Å². The maximum atomic E-state index is 2.91. The minimum absolute atomic E-state index is 0.726. The summed E-state index contributed by atoms with van der Waals surface area (Å²) in [5, 5.41) is 0. The Morgan fingerprint density at radius 3 is 2.50 bits per heavy atom. The first-order chi connectivity index (χ1) is 6.84. The van der Waals surface area contributed by atoms with E-state index in [4.69, 9.17) is 0 Å². The van der Waals surface area contributed by atoms with Crippen molar-refractivity contribution in [3.8, 4) is 0 Å². The number of hydrogen-bond donors (Lipinski definition) is 0. The van der Waals surface area contributed by atoms with E-state index in [-0.39, 0.29) is 0 Å². The smallest absolute Gasteiger partial charge is 0.0216 e. The summed E-state index contributed by atoms with van der Waals surface area (Å²) in [4.78, 5) is 2.91. The lowest BCUT2D eigenvalue weighted by Crippen LogP contribution is -2.52. The van der Waals surface area contributed by atoms with Crippen molar-refractivity contribution in [1.29, 1.82) is 0 Å². The topological polar surface area (TPSA) is 3.24 Å². The molecule has 14 heavy (non-hydrogen) atoms. The van der Waals surface area contributed by atoms with Crippen molar-refractivity contribution in [2.24, 2.45) is 5.92 Å². The monoisotopic (exact) mass is 193 g/mol. The van der Waals surface area contributed by atoms with Gasteiger partial charge in [0.1, 0.15) is 0 Å². The van der Waals surface area contributed by atoms with Crippen LogP contribution in [0.4, 0.5) is 0 Å². The molecule has 3 aliphatic rings. The van der Waals surface area contributed by atoms with Gasteiger partial charge in [0.25, 0.3) is 0 Å². The summed E-state index contributed by atoms with van der Waals surface area (Å²) in [5.74, 6) is 1.05. The Bertz CT molecular complexity index is 215. The summed E-state index contributed by atoms with van der Waals surface area (Å²) in [7, 11) is 0. The molecule has 3 fully saturated rings. The molecule has 1 saturated heterocycles. The van der Waals surface area contributed by atoms with E-state index in [1.807, 2.05) is 0 Å². The molecule has 1 heteroatoms. The number of likely N-dealkylation sites (tertiary alicyclic amines) is 1. The Morgan fingerprint density at radius 2 is 2.00 bits per heavy atom. The average molecular weight is 193 g/mol. The molecule has 0 radical (unpaired) electrons. The van der Waals surface area contributed by atoms with E-state index in [1.165, 1.54) is 57.9 Å². The van der Waals surface area contributed by atoms with Gasteiger partial charge in [-0.1, -0.05) is 19.8 Å². The van der Waals surface area contributed by atoms with Crippen molar-refractivity contribution in [2.45, 2.75) is 69.9 Å². The van der Waals surface area contributed by atoms with Crippen LogP contribution in [0.2, 0.25) is 0 Å². The minimum Gasteiger partial charge on any atom is -0.295 e. The van der Waals surface area contributed by atoms with Crippen LogP contribution in [0.5, 0.6) is 0 Å². The zero-order valence-corrected chi connectivity index (χ0v) is 9.47. The molecule has 1 spiro atoms. The third-order valence-corrected chi connectivity index (χ3v) is 4.98. The minimum atomic E-state index is 0.726. The average Bonchev–Trinajstić information content (AvgIpc) is 2.87. The second-order valence-electron chi connectivity index (χ2n) is 5.77. The lowest BCUT2D eigenvalue weighted by molar-refractivity contribution is 0.0165.